The van der Waals surface area contributed by atoms with Crippen LogP contribution in [0.25, 0.3) is 0 Å². The molecule has 3 heterocycles. The van der Waals surface area contributed by atoms with Crippen molar-refractivity contribution in [1.82, 2.24) is 9.88 Å². The van der Waals surface area contributed by atoms with Crippen molar-refractivity contribution in [3.8, 4) is 5.75 Å². The van der Waals surface area contributed by atoms with Crippen LogP contribution in [0.1, 0.15) is 10.4 Å². The predicted octanol–water partition coefficient (Wildman–Crippen LogP) is 1.89. The maximum atomic E-state index is 12.5. The normalized spacial score (nSPS) is 17.5. The Morgan fingerprint density at radius 1 is 0.929 bits per heavy atom. The van der Waals surface area contributed by atoms with E-state index in [1.165, 1.54) is 5.69 Å². The number of carbonyl (C=O) groups is 1. The number of nitrogens with zero attached hydrogens (tertiary/aromatic N) is 4. The molecule has 148 valence electrons. The molecule has 0 unspecified atom stereocenters. The Morgan fingerprint density at radius 2 is 1.61 bits per heavy atom. The van der Waals surface area contributed by atoms with Crippen molar-refractivity contribution in [2.24, 2.45) is 0 Å². The van der Waals surface area contributed by atoms with Crippen LogP contribution in [0.3, 0.4) is 0 Å². The molecular formula is C21H26N4O3. The summed E-state index contributed by atoms with van der Waals surface area (Å²) in [7, 11) is 1.68. The lowest BCUT2D eigenvalue weighted by molar-refractivity contribution is 0.0302. The van der Waals surface area contributed by atoms with Gasteiger partial charge in [-0.1, -0.05) is 0 Å². The second-order valence-electron chi connectivity index (χ2n) is 6.98. The van der Waals surface area contributed by atoms with Gasteiger partial charge in [0.15, 0.2) is 0 Å². The second-order valence-corrected chi connectivity index (χ2v) is 6.98. The summed E-state index contributed by atoms with van der Waals surface area (Å²) in [4.78, 5) is 23.5. The van der Waals surface area contributed by atoms with Crippen molar-refractivity contribution < 1.29 is 14.3 Å². The summed E-state index contributed by atoms with van der Waals surface area (Å²) in [6.07, 6.45) is 1.70. The molecule has 28 heavy (non-hydrogen) atoms. The van der Waals surface area contributed by atoms with Gasteiger partial charge in [0.05, 0.1) is 25.9 Å². The Balaban J connectivity index is 1.34. The Kier molecular flexibility index (Phi) is 5.62. The molecule has 7 nitrogen and oxygen atoms in total. The van der Waals surface area contributed by atoms with Gasteiger partial charge in [-0.2, -0.15) is 0 Å². The molecule has 0 spiro atoms. The van der Waals surface area contributed by atoms with E-state index in [-0.39, 0.29) is 5.91 Å². The lowest BCUT2D eigenvalue weighted by Gasteiger charge is -2.36. The van der Waals surface area contributed by atoms with Gasteiger partial charge in [-0.3, -0.25) is 4.79 Å². The molecule has 7 heteroatoms. The molecule has 2 fully saturated rings. The number of ether oxygens (including phenoxy) is 2. The number of carbonyl (C=O) groups excluding carboxylic acids is 1. The first-order chi connectivity index (χ1) is 13.7. The van der Waals surface area contributed by atoms with Crippen LogP contribution in [0.4, 0.5) is 11.5 Å². The zero-order chi connectivity index (χ0) is 19.3. The third-order valence-corrected chi connectivity index (χ3v) is 5.33. The number of anilines is 2. The lowest BCUT2D eigenvalue weighted by Crippen LogP contribution is -2.46. The summed E-state index contributed by atoms with van der Waals surface area (Å²) in [5.41, 5.74) is 1.85. The van der Waals surface area contributed by atoms with E-state index in [0.717, 1.165) is 37.7 Å². The number of pyridine rings is 1. The molecule has 1 amide bonds. The zero-order valence-electron chi connectivity index (χ0n) is 16.2. The Morgan fingerprint density at radius 3 is 2.21 bits per heavy atom. The fraction of sp³-hybridized carbons (Fsp3) is 0.429. The van der Waals surface area contributed by atoms with E-state index in [1.54, 1.807) is 13.3 Å². The van der Waals surface area contributed by atoms with Crippen molar-refractivity contribution in [3.05, 3.63) is 48.2 Å². The second kappa shape index (κ2) is 8.48. The number of piperazine rings is 1. The van der Waals surface area contributed by atoms with Crippen LogP contribution in [0.15, 0.2) is 42.6 Å². The lowest BCUT2D eigenvalue weighted by atomic mass is 10.2. The van der Waals surface area contributed by atoms with Crippen LogP contribution in [-0.4, -0.2) is 75.4 Å². The van der Waals surface area contributed by atoms with Gasteiger partial charge < -0.3 is 24.2 Å². The number of aromatic nitrogens is 1. The number of hydrogen-bond donors (Lipinski definition) is 0. The van der Waals surface area contributed by atoms with Crippen LogP contribution in [0.5, 0.6) is 5.75 Å². The smallest absolute Gasteiger partial charge is 0.255 e. The van der Waals surface area contributed by atoms with Crippen LogP contribution in [0.2, 0.25) is 0 Å². The monoisotopic (exact) mass is 382 g/mol. The number of hydrogen-bond acceptors (Lipinski definition) is 6. The fourth-order valence-corrected chi connectivity index (χ4v) is 3.64. The zero-order valence-corrected chi connectivity index (χ0v) is 16.2. The van der Waals surface area contributed by atoms with Crippen molar-refractivity contribution >= 4 is 17.4 Å². The van der Waals surface area contributed by atoms with Crippen molar-refractivity contribution in [2.45, 2.75) is 0 Å². The average Bonchev–Trinajstić information content (AvgIpc) is 2.79. The number of methoxy groups -OCH3 is 1. The van der Waals surface area contributed by atoms with E-state index in [2.05, 4.69) is 26.9 Å². The van der Waals surface area contributed by atoms with Gasteiger partial charge in [0, 0.05) is 51.2 Å². The van der Waals surface area contributed by atoms with Gasteiger partial charge in [-0.05, 0) is 36.4 Å². The third kappa shape index (κ3) is 4.04. The molecule has 2 aromatic rings. The maximum absolute atomic E-state index is 12.5. The summed E-state index contributed by atoms with van der Waals surface area (Å²) < 4.78 is 10.5. The van der Waals surface area contributed by atoms with E-state index in [0.29, 0.717) is 31.9 Å². The van der Waals surface area contributed by atoms with Crippen molar-refractivity contribution in [3.63, 3.8) is 0 Å². The molecule has 2 saturated heterocycles. The molecular weight excluding hydrogens is 356 g/mol. The van der Waals surface area contributed by atoms with Gasteiger partial charge in [0.1, 0.15) is 11.6 Å². The first kappa shape index (κ1) is 18.6. The SMILES string of the molecule is COc1ccc(N2CCN(c3ccc(C(=O)N4CCOCC4)cn3)CC2)cc1. The molecule has 2 aliphatic rings. The summed E-state index contributed by atoms with van der Waals surface area (Å²) >= 11 is 0. The molecule has 4 rings (SSSR count). The molecule has 1 aromatic carbocycles. The Labute approximate surface area is 165 Å². The number of morpholine rings is 1. The van der Waals surface area contributed by atoms with E-state index in [4.69, 9.17) is 9.47 Å². The molecule has 0 aliphatic carbocycles. The Bertz CT molecular complexity index is 780. The van der Waals surface area contributed by atoms with Crippen molar-refractivity contribution in [1.29, 1.82) is 0 Å². The van der Waals surface area contributed by atoms with Crippen LogP contribution in [-0.2, 0) is 4.74 Å². The quantitative estimate of drug-likeness (QED) is 0.805. The highest BCUT2D eigenvalue weighted by Crippen LogP contribution is 2.22. The van der Waals surface area contributed by atoms with Gasteiger partial charge in [-0.25, -0.2) is 4.98 Å². The summed E-state index contributed by atoms with van der Waals surface area (Å²) in [5.74, 6) is 1.83. The van der Waals surface area contributed by atoms with E-state index in [1.807, 2.05) is 29.2 Å². The van der Waals surface area contributed by atoms with E-state index in [9.17, 15) is 4.79 Å². The molecule has 1 aromatic heterocycles. The van der Waals surface area contributed by atoms with Crippen LogP contribution in [0, 0.1) is 0 Å². The van der Waals surface area contributed by atoms with E-state index >= 15 is 0 Å². The molecule has 0 N–H and O–H groups in total. The maximum Gasteiger partial charge on any atom is 0.255 e. The minimum absolute atomic E-state index is 0.0340. The van der Waals surface area contributed by atoms with Gasteiger partial charge in [0.25, 0.3) is 5.91 Å². The minimum atomic E-state index is 0.0340. The Hall–Kier alpha value is -2.80. The highest BCUT2D eigenvalue weighted by molar-refractivity contribution is 5.94. The standard InChI is InChI=1S/C21H26N4O3/c1-27-19-5-3-18(4-6-19)23-8-10-24(11-9-23)20-7-2-17(16-22-20)21(26)25-12-14-28-15-13-25/h2-7,16H,8-15H2,1H3. The molecule has 0 saturated carbocycles. The van der Waals surface area contributed by atoms with Gasteiger partial charge >= 0.3 is 0 Å². The molecule has 0 atom stereocenters. The fourth-order valence-electron chi connectivity index (χ4n) is 3.64. The average molecular weight is 382 g/mol. The topological polar surface area (TPSA) is 58.1 Å². The van der Waals surface area contributed by atoms with E-state index < -0.39 is 0 Å². The largest absolute Gasteiger partial charge is 0.497 e. The predicted molar refractivity (Wildman–Crippen MR) is 108 cm³/mol. The molecule has 0 radical (unpaired) electrons. The highest BCUT2D eigenvalue weighted by Gasteiger charge is 2.21. The highest BCUT2D eigenvalue weighted by atomic mass is 16.5. The van der Waals surface area contributed by atoms with Gasteiger partial charge in [-0.15, -0.1) is 0 Å². The summed E-state index contributed by atoms with van der Waals surface area (Å²) in [6, 6.07) is 12.0. The molecule has 2 aliphatic heterocycles. The first-order valence-electron chi connectivity index (χ1n) is 9.71. The van der Waals surface area contributed by atoms with Crippen LogP contribution < -0.4 is 14.5 Å². The first-order valence-corrected chi connectivity index (χ1v) is 9.71. The number of amides is 1. The van der Waals surface area contributed by atoms with Crippen LogP contribution >= 0.6 is 0 Å². The van der Waals surface area contributed by atoms with Crippen molar-refractivity contribution in [2.75, 3.05) is 69.4 Å². The summed E-state index contributed by atoms with van der Waals surface area (Å²) in [6.45, 7) is 6.17. The molecule has 0 bridgehead atoms. The number of benzene rings is 1. The van der Waals surface area contributed by atoms with Gasteiger partial charge in [0.2, 0.25) is 0 Å². The minimum Gasteiger partial charge on any atom is -0.497 e. The number of rotatable bonds is 4. The third-order valence-electron chi connectivity index (χ3n) is 5.33. The summed E-state index contributed by atoms with van der Waals surface area (Å²) in [5, 5.41) is 0.